The summed E-state index contributed by atoms with van der Waals surface area (Å²) in [5.74, 6) is 1.05. The number of hydrogen-bond donors (Lipinski definition) is 0. The second kappa shape index (κ2) is 5.12. The minimum absolute atomic E-state index is 0.985. The standard InChI is InChI=1S/C13H14N2S/c1-3-16-11-7-5-9-15-13(11)12-10(2)6-4-8-14-12/h4-9H,3H2,1-2H3. The summed E-state index contributed by atoms with van der Waals surface area (Å²) in [7, 11) is 0. The molecular formula is C13H14N2S. The quantitative estimate of drug-likeness (QED) is 0.754. The molecule has 0 aromatic carbocycles. The van der Waals surface area contributed by atoms with Crippen molar-refractivity contribution < 1.29 is 0 Å². The van der Waals surface area contributed by atoms with Gasteiger partial charge in [0.1, 0.15) is 5.69 Å². The van der Waals surface area contributed by atoms with Crippen LogP contribution in [0.4, 0.5) is 0 Å². The molecule has 3 heteroatoms. The lowest BCUT2D eigenvalue weighted by Gasteiger charge is -2.08. The first-order valence-corrected chi connectivity index (χ1v) is 6.31. The lowest BCUT2D eigenvalue weighted by molar-refractivity contribution is 1.17. The van der Waals surface area contributed by atoms with Crippen LogP contribution in [0.2, 0.25) is 0 Å². The Morgan fingerprint density at radius 3 is 2.44 bits per heavy atom. The Labute approximate surface area is 100 Å². The van der Waals surface area contributed by atoms with Crippen LogP contribution in [0.5, 0.6) is 0 Å². The van der Waals surface area contributed by atoms with Crippen LogP contribution in [0.15, 0.2) is 41.6 Å². The average Bonchev–Trinajstić information content (AvgIpc) is 2.31. The Morgan fingerprint density at radius 2 is 1.75 bits per heavy atom. The van der Waals surface area contributed by atoms with Gasteiger partial charge in [-0.25, -0.2) is 0 Å². The zero-order valence-electron chi connectivity index (χ0n) is 9.47. The average molecular weight is 230 g/mol. The molecule has 0 aliphatic carbocycles. The number of aromatic nitrogens is 2. The molecule has 2 aromatic heterocycles. The predicted molar refractivity (Wildman–Crippen MR) is 68.6 cm³/mol. The zero-order valence-corrected chi connectivity index (χ0v) is 10.3. The van der Waals surface area contributed by atoms with Gasteiger partial charge in [0.2, 0.25) is 0 Å². The molecule has 0 saturated carbocycles. The van der Waals surface area contributed by atoms with Crippen molar-refractivity contribution in [2.24, 2.45) is 0 Å². The topological polar surface area (TPSA) is 25.8 Å². The van der Waals surface area contributed by atoms with Crippen molar-refractivity contribution in [3.8, 4) is 11.4 Å². The van der Waals surface area contributed by atoms with Crippen molar-refractivity contribution in [1.82, 2.24) is 9.97 Å². The molecule has 0 atom stereocenters. The maximum atomic E-state index is 4.45. The van der Waals surface area contributed by atoms with E-state index in [-0.39, 0.29) is 0 Å². The number of pyridine rings is 2. The molecule has 2 rings (SSSR count). The molecule has 16 heavy (non-hydrogen) atoms. The van der Waals surface area contributed by atoms with Gasteiger partial charge in [-0.15, -0.1) is 11.8 Å². The van der Waals surface area contributed by atoms with Crippen LogP contribution in [-0.4, -0.2) is 15.7 Å². The van der Waals surface area contributed by atoms with Crippen molar-refractivity contribution >= 4 is 11.8 Å². The minimum atomic E-state index is 0.985. The molecule has 0 amide bonds. The molecule has 2 aromatic rings. The molecule has 0 aliphatic rings. The Bertz CT molecular complexity index is 483. The number of nitrogens with zero attached hydrogens (tertiary/aromatic N) is 2. The Kier molecular flexibility index (Phi) is 3.57. The first-order valence-electron chi connectivity index (χ1n) is 5.32. The molecule has 2 heterocycles. The Morgan fingerprint density at radius 1 is 1.06 bits per heavy atom. The highest BCUT2D eigenvalue weighted by Crippen LogP contribution is 2.29. The van der Waals surface area contributed by atoms with Crippen molar-refractivity contribution in [3.05, 3.63) is 42.2 Å². The van der Waals surface area contributed by atoms with Crippen LogP contribution >= 0.6 is 11.8 Å². The molecule has 0 radical (unpaired) electrons. The second-order valence-electron chi connectivity index (χ2n) is 3.45. The van der Waals surface area contributed by atoms with Gasteiger partial charge in [-0.1, -0.05) is 13.0 Å². The lowest BCUT2D eigenvalue weighted by atomic mass is 10.1. The summed E-state index contributed by atoms with van der Waals surface area (Å²) >= 11 is 1.80. The number of aryl methyl sites for hydroxylation is 1. The van der Waals surface area contributed by atoms with Gasteiger partial charge in [0.05, 0.1) is 5.69 Å². The first kappa shape index (κ1) is 11.1. The zero-order chi connectivity index (χ0) is 11.4. The van der Waals surface area contributed by atoms with Gasteiger partial charge in [-0.3, -0.25) is 9.97 Å². The Balaban J connectivity index is 2.51. The fourth-order valence-electron chi connectivity index (χ4n) is 1.57. The van der Waals surface area contributed by atoms with Crippen LogP contribution in [0, 0.1) is 6.92 Å². The summed E-state index contributed by atoms with van der Waals surface area (Å²) in [6, 6.07) is 8.09. The Hall–Kier alpha value is -1.35. The summed E-state index contributed by atoms with van der Waals surface area (Å²) in [6.45, 7) is 4.21. The monoisotopic (exact) mass is 230 g/mol. The van der Waals surface area contributed by atoms with Crippen LogP contribution in [0.25, 0.3) is 11.4 Å². The largest absolute Gasteiger partial charge is 0.254 e. The predicted octanol–water partition coefficient (Wildman–Crippen LogP) is 3.56. The van der Waals surface area contributed by atoms with Gasteiger partial charge in [-0.05, 0) is 36.4 Å². The van der Waals surface area contributed by atoms with Gasteiger partial charge in [0, 0.05) is 17.3 Å². The van der Waals surface area contributed by atoms with Gasteiger partial charge in [0.15, 0.2) is 0 Å². The van der Waals surface area contributed by atoms with Crippen molar-refractivity contribution in [3.63, 3.8) is 0 Å². The molecule has 0 saturated heterocycles. The normalized spacial score (nSPS) is 10.4. The van der Waals surface area contributed by atoms with Crippen molar-refractivity contribution in [2.75, 3.05) is 5.75 Å². The third-order valence-corrected chi connectivity index (χ3v) is 3.23. The third-order valence-electron chi connectivity index (χ3n) is 2.30. The number of rotatable bonds is 3. The van der Waals surface area contributed by atoms with E-state index in [4.69, 9.17) is 0 Å². The van der Waals surface area contributed by atoms with Gasteiger partial charge in [0.25, 0.3) is 0 Å². The SMILES string of the molecule is CCSc1cccnc1-c1ncccc1C. The number of thioether (sulfide) groups is 1. The highest BCUT2D eigenvalue weighted by atomic mass is 32.2. The van der Waals surface area contributed by atoms with Crippen LogP contribution < -0.4 is 0 Å². The van der Waals surface area contributed by atoms with Gasteiger partial charge < -0.3 is 0 Å². The van der Waals surface area contributed by atoms with E-state index in [9.17, 15) is 0 Å². The molecule has 0 N–H and O–H groups in total. The minimum Gasteiger partial charge on any atom is -0.254 e. The molecule has 0 fully saturated rings. The molecule has 2 nitrogen and oxygen atoms in total. The van der Waals surface area contributed by atoms with E-state index in [0.717, 1.165) is 17.1 Å². The summed E-state index contributed by atoms with van der Waals surface area (Å²) in [5.41, 5.74) is 3.14. The van der Waals surface area contributed by atoms with E-state index in [1.807, 2.05) is 24.5 Å². The summed E-state index contributed by atoms with van der Waals surface area (Å²) < 4.78 is 0. The van der Waals surface area contributed by atoms with Crippen molar-refractivity contribution in [2.45, 2.75) is 18.7 Å². The van der Waals surface area contributed by atoms with Crippen LogP contribution in [0.1, 0.15) is 12.5 Å². The van der Waals surface area contributed by atoms with Crippen LogP contribution in [0.3, 0.4) is 0 Å². The summed E-state index contributed by atoms with van der Waals surface area (Å²) in [5, 5.41) is 0. The lowest BCUT2D eigenvalue weighted by Crippen LogP contribution is -1.92. The van der Waals surface area contributed by atoms with E-state index in [0.29, 0.717) is 0 Å². The van der Waals surface area contributed by atoms with E-state index < -0.39 is 0 Å². The summed E-state index contributed by atoms with van der Waals surface area (Å²) in [4.78, 5) is 10.1. The van der Waals surface area contributed by atoms with E-state index in [2.05, 4.69) is 35.9 Å². The van der Waals surface area contributed by atoms with Crippen LogP contribution in [-0.2, 0) is 0 Å². The molecule has 0 bridgehead atoms. The summed E-state index contributed by atoms with van der Waals surface area (Å²) in [6.07, 6.45) is 3.64. The molecule has 82 valence electrons. The van der Waals surface area contributed by atoms with E-state index >= 15 is 0 Å². The van der Waals surface area contributed by atoms with Crippen molar-refractivity contribution in [1.29, 1.82) is 0 Å². The maximum Gasteiger partial charge on any atom is 0.102 e. The fourth-order valence-corrected chi connectivity index (χ4v) is 2.35. The van der Waals surface area contributed by atoms with Gasteiger partial charge in [-0.2, -0.15) is 0 Å². The van der Waals surface area contributed by atoms with E-state index in [1.165, 1.54) is 10.5 Å². The molecule has 0 aliphatic heterocycles. The smallest absolute Gasteiger partial charge is 0.102 e. The third kappa shape index (κ3) is 2.25. The molecule has 0 unspecified atom stereocenters. The maximum absolute atomic E-state index is 4.45. The van der Waals surface area contributed by atoms with E-state index in [1.54, 1.807) is 11.8 Å². The molecular weight excluding hydrogens is 216 g/mol. The number of hydrogen-bond acceptors (Lipinski definition) is 3. The molecule has 0 spiro atoms. The highest BCUT2D eigenvalue weighted by molar-refractivity contribution is 7.99. The van der Waals surface area contributed by atoms with Gasteiger partial charge >= 0.3 is 0 Å². The first-order chi connectivity index (χ1) is 7.83. The fraction of sp³-hybridized carbons (Fsp3) is 0.231. The highest BCUT2D eigenvalue weighted by Gasteiger charge is 2.09. The second-order valence-corrected chi connectivity index (χ2v) is 4.76.